The second kappa shape index (κ2) is 9.93. The number of aliphatic hydroxyl groups is 4. The zero-order chi connectivity index (χ0) is 33.9. The molecule has 3 heterocycles. The van der Waals surface area contributed by atoms with Crippen LogP contribution in [0.4, 0.5) is 0 Å². The monoisotopic (exact) mass is 662 g/mol. The number of ether oxygens (including phenoxy) is 5. The van der Waals surface area contributed by atoms with E-state index in [-0.39, 0.29) is 58.3 Å². The van der Waals surface area contributed by atoms with Crippen molar-refractivity contribution in [3.05, 3.63) is 0 Å². The van der Waals surface area contributed by atoms with Gasteiger partial charge in [-0.3, -0.25) is 4.79 Å². The number of hydrogen-bond acceptors (Lipinski definition) is 10. The Labute approximate surface area is 279 Å². The lowest BCUT2D eigenvalue weighted by atomic mass is 9.41. The third kappa shape index (κ3) is 3.88. The molecule has 4 N–H and O–H groups in total. The third-order valence-electron chi connectivity index (χ3n) is 16.3. The largest absolute Gasteiger partial charge is 0.457 e. The highest BCUT2D eigenvalue weighted by Gasteiger charge is 2.88. The van der Waals surface area contributed by atoms with Crippen LogP contribution in [0.5, 0.6) is 0 Å². The minimum Gasteiger partial charge on any atom is -0.457 e. The molecule has 8 aliphatic rings. The summed E-state index contributed by atoms with van der Waals surface area (Å²) in [5, 5.41) is 43.7. The Morgan fingerprint density at radius 2 is 1.57 bits per heavy atom. The molecule has 0 unspecified atom stereocenters. The van der Waals surface area contributed by atoms with Crippen molar-refractivity contribution >= 4 is 5.97 Å². The van der Waals surface area contributed by atoms with E-state index in [4.69, 9.17) is 23.7 Å². The van der Waals surface area contributed by atoms with Crippen molar-refractivity contribution < 1.29 is 48.9 Å². The molecular formula is C37H58O10. The van der Waals surface area contributed by atoms with Gasteiger partial charge in [0.05, 0.1) is 18.8 Å². The Bertz CT molecular complexity index is 1320. The summed E-state index contributed by atoms with van der Waals surface area (Å²) in [6.07, 6.45) is 1.72. The normalized spacial score (nSPS) is 58.8. The minimum atomic E-state index is -1.29. The fraction of sp³-hybridized carbons (Fsp3) is 0.973. The minimum absolute atomic E-state index is 0.0329. The first-order valence-corrected chi connectivity index (χ1v) is 18.4. The van der Waals surface area contributed by atoms with E-state index in [0.717, 1.165) is 51.4 Å². The number of aliphatic hydroxyl groups excluding tert-OH is 4. The Hall–Kier alpha value is -0.850. The smallest absolute Gasteiger partial charge is 0.303 e. The van der Waals surface area contributed by atoms with E-state index in [2.05, 4.69) is 34.6 Å². The molecule has 3 aliphatic heterocycles. The standard InChI is InChI=1S/C37H58O10/c1-18-15-21-28(32(5,6)45-19(2)38)47-37(46-21)27(18)33(7)13-14-36-17-35(36)12-11-24(44-29-26(41)25(40)20(39)16-43-29)31(3,4)22(35)9-10-23(36)34(33,8)30(37)42/h18,20-30,39-42H,9-17H2,1-8H3/t18-,20-,21-,22+,23+,24+,25+,26-,27-,28-,29+,30-,33-,34-,35-,36+,37+/m1/s1. The highest BCUT2D eigenvalue weighted by molar-refractivity contribution is 5.66. The van der Waals surface area contributed by atoms with Crippen molar-refractivity contribution in [3.63, 3.8) is 0 Å². The van der Waals surface area contributed by atoms with E-state index in [1.165, 1.54) is 6.92 Å². The predicted molar refractivity (Wildman–Crippen MR) is 168 cm³/mol. The molecule has 3 spiro atoms. The lowest BCUT2D eigenvalue weighted by Gasteiger charge is -2.63. The van der Waals surface area contributed by atoms with Crippen molar-refractivity contribution in [3.8, 4) is 0 Å². The van der Waals surface area contributed by atoms with Crippen molar-refractivity contribution in [2.45, 2.75) is 167 Å². The van der Waals surface area contributed by atoms with E-state index in [9.17, 15) is 25.2 Å². The molecule has 0 aromatic rings. The van der Waals surface area contributed by atoms with Gasteiger partial charge in [0.1, 0.15) is 36.1 Å². The van der Waals surface area contributed by atoms with E-state index >= 15 is 0 Å². The van der Waals surface area contributed by atoms with Crippen molar-refractivity contribution in [1.29, 1.82) is 0 Å². The van der Waals surface area contributed by atoms with E-state index in [0.29, 0.717) is 11.8 Å². The van der Waals surface area contributed by atoms with E-state index in [1.807, 2.05) is 13.8 Å². The van der Waals surface area contributed by atoms with Crippen LogP contribution in [-0.4, -0.2) is 93.4 Å². The van der Waals surface area contributed by atoms with Crippen molar-refractivity contribution in [1.82, 2.24) is 0 Å². The first-order chi connectivity index (χ1) is 21.8. The highest BCUT2D eigenvalue weighted by atomic mass is 16.8. The first kappa shape index (κ1) is 33.3. The molecule has 3 saturated heterocycles. The topological polar surface area (TPSA) is 144 Å². The Kier molecular flexibility index (Phi) is 7.03. The highest BCUT2D eigenvalue weighted by Crippen LogP contribution is 2.90. The molecule has 5 aliphatic carbocycles. The fourth-order valence-electron chi connectivity index (χ4n) is 14.4. The van der Waals surface area contributed by atoms with Gasteiger partial charge in [-0.15, -0.1) is 0 Å². The summed E-state index contributed by atoms with van der Waals surface area (Å²) in [4.78, 5) is 12.1. The van der Waals surface area contributed by atoms with Gasteiger partial charge in [-0.2, -0.15) is 0 Å². The van der Waals surface area contributed by atoms with Crippen LogP contribution in [0, 0.1) is 50.7 Å². The van der Waals surface area contributed by atoms with Gasteiger partial charge >= 0.3 is 5.97 Å². The van der Waals surface area contributed by atoms with Gasteiger partial charge in [0.25, 0.3) is 0 Å². The molecule has 0 radical (unpaired) electrons. The Balaban J connectivity index is 1.09. The summed E-state index contributed by atoms with van der Waals surface area (Å²) >= 11 is 0. The molecule has 47 heavy (non-hydrogen) atoms. The predicted octanol–water partition coefficient (Wildman–Crippen LogP) is 3.69. The van der Waals surface area contributed by atoms with Crippen LogP contribution in [0.15, 0.2) is 0 Å². The summed E-state index contributed by atoms with van der Waals surface area (Å²) in [5.74, 6) is -0.402. The molecule has 2 bridgehead atoms. The number of fused-ring (bicyclic) bond motifs is 4. The van der Waals surface area contributed by atoms with Gasteiger partial charge in [0.15, 0.2) is 12.1 Å². The van der Waals surface area contributed by atoms with E-state index < -0.39 is 53.6 Å². The zero-order valence-corrected chi connectivity index (χ0v) is 29.5. The van der Waals surface area contributed by atoms with Crippen LogP contribution in [0.1, 0.15) is 107 Å². The molecule has 10 nitrogen and oxygen atoms in total. The number of esters is 1. The second-order valence-corrected chi connectivity index (χ2v) is 18.8. The second-order valence-electron chi connectivity index (χ2n) is 18.8. The van der Waals surface area contributed by atoms with Crippen molar-refractivity contribution in [2.75, 3.05) is 6.61 Å². The van der Waals surface area contributed by atoms with Crippen LogP contribution in [-0.2, 0) is 28.5 Å². The summed E-state index contributed by atoms with van der Waals surface area (Å²) in [6, 6.07) is 0. The molecule has 8 rings (SSSR count). The Morgan fingerprint density at radius 3 is 2.28 bits per heavy atom. The van der Waals surface area contributed by atoms with Crippen molar-refractivity contribution in [2.24, 2.45) is 50.7 Å². The number of carbonyl (C=O) groups excluding carboxylic acids is 1. The summed E-state index contributed by atoms with van der Waals surface area (Å²) in [6.45, 7) is 16.8. The molecule has 0 aromatic carbocycles. The molecule has 17 atom stereocenters. The molecule has 5 saturated carbocycles. The quantitative estimate of drug-likeness (QED) is 0.260. The molecule has 8 fully saturated rings. The number of hydrogen-bond donors (Lipinski definition) is 4. The van der Waals surface area contributed by atoms with Crippen LogP contribution < -0.4 is 0 Å². The maximum Gasteiger partial charge on any atom is 0.303 e. The van der Waals surface area contributed by atoms with Gasteiger partial charge in [0, 0.05) is 18.3 Å². The lowest BCUT2D eigenvalue weighted by Crippen LogP contribution is -2.61. The maximum atomic E-state index is 12.8. The Morgan fingerprint density at radius 1 is 0.894 bits per heavy atom. The summed E-state index contributed by atoms with van der Waals surface area (Å²) in [5.41, 5.74) is -1.36. The first-order valence-electron chi connectivity index (χ1n) is 18.4. The molecular weight excluding hydrogens is 604 g/mol. The van der Waals surface area contributed by atoms with Gasteiger partial charge in [-0.05, 0) is 105 Å². The average molecular weight is 663 g/mol. The molecule has 10 heteroatoms. The van der Waals surface area contributed by atoms with Crippen LogP contribution in [0.3, 0.4) is 0 Å². The van der Waals surface area contributed by atoms with Crippen LogP contribution in [0.25, 0.3) is 0 Å². The van der Waals surface area contributed by atoms with Crippen LogP contribution >= 0.6 is 0 Å². The summed E-state index contributed by atoms with van der Waals surface area (Å²) in [7, 11) is 0. The fourth-order valence-corrected chi connectivity index (χ4v) is 14.4. The van der Waals surface area contributed by atoms with Gasteiger partial charge < -0.3 is 44.1 Å². The van der Waals surface area contributed by atoms with E-state index in [1.54, 1.807) is 0 Å². The molecule has 266 valence electrons. The van der Waals surface area contributed by atoms with Crippen LogP contribution in [0.2, 0.25) is 0 Å². The third-order valence-corrected chi connectivity index (χ3v) is 16.3. The van der Waals surface area contributed by atoms with Gasteiger partial charge in [-0.1, -0.05) is 34.6 Å². The van der Waals surface area contributed by atoms with Gasteiger partial charge in [-0.25, -0.2) is 0 Å². The SMILES string of the molecule is CC(=O)OC(C)(C)[C@@H]1O[C@@]23O[C@@H]1C[C@@H](C)[C@@H]2[C@@]1(C)CC[C@@]24C[C@@]25CC[C@H](O[C@@H]2OC[C@@H](O)[C@H](O)[C@H]2O)C(C)(C)[C@@H]5CC[C@H]4[C@]1(C)[C@H]3O. The molecule has 0 amide bonds. The zero-order valence-electron chi connectivity index (χ0n) is 29.5. The average Bonchev–Trinajstić information content (AvgIpc) is 3.49. The maximum absolute atomic E-state index is 12.8. The lowest BCUT2D eigenvalue weighted by molar-refractivity contribution is -0.303. The summed E-state index contributed by atoms with van der Waals surface area (Å²) < 4.78 is 31.9. The number of rotatable bonds is 4. The number of carbonyl (C=O) groups is 1. The van der Waals surface area contributed by atoms with Gasteiger partial charge in [0.2, 0.25) is 0 Å². The molecule has 0 aromatic heterocycles.